The molecule has 142 valence electrons. The molecule has 0 spiro atoms. The Morgan fingerprint density at radius 3 is 2.70 bits per heavy atom. The van der Waals surface area contributed by atoms with E-state index in [4.69, 9.17) is 27.6 Å². The van der Waals surface area contributed by atoms with Crippen molar-refractivity contribution in [1.29, 1.82) is 0 Å². The van der Waals surface area contributed by atoms with Gasteiger partial charge in [-0.25, -0.2) is 0 Å². The number of halogens is 2. The van der Waals surface area contributed by atoms with Crippen LogP contribution >= 0.6 is 23.2 Å². The van der Waals surface area contributed by atoms with Gasteiger partial charge in [0.2, 0.25) is 0 Å². The lowest BCUT2D eigenvalue weighted by molar-refractivity contribution is 0.269. The third-order valence-electron chi connectivity index (χ3n) is 4.30. The minimum atomic E-state index is -0.416. The molecule has 0 aliphatic heterocycles. The predicted molar refractivity (Wildman–Crippen MR) is 108 cm³/mol. The fourth-order valence-electron chi connectivity index (χ4n) is 2.68. The molecule has 0 aliphatic rings. The molecular formula is C19H20Cl2N4O2. The Bertz CT molecular complexity index is 984. The lowest BCUT2D eigenvalue weighted by Crippen LogP contribution is -2.28. The zero-order chi connectivity index (χ0) is 19.6. The molecule has 27 heavy (non-hydrogen) atoms. The number of nitrogens with one attached hydrogen (secondary N) is 1. The van der Waals surface area contributed by atoms with E-state index in [1.807, 2.05) is 44.1 Å². The van der Waals surface area contributed by atoms with Crippen molar-refractivity contribution >= 4 is 28.9 Å². The Hall–Kier alpha value is -2.28. The highest BCUT2D eigenvalue weighted by atomic mass is 35.5. The summed E-state index contributed by atoms with van der Waals surface area (Å²) in [5, 5.41) is 8.04. The largest absolute Gasteiger partial charge is 0.468 e. The normalized spacial score (nSPS) is 12.4. The molecule has 1 unspecified atom stereocenters. The van der Waals surface area contributed by atoms with Gasteiger partial charge in [0, 0.05) is 11.6 Å². The van der Waals surface area contributed by atoms with Crippen LogP contribution < -0.4 is 10.9 Å². The summed E-state index contributed by atoms with van der Waals surface area (Å²) < 4.78 is 6.72. The van der Waals surface area contributed by atoms with Gasteiger partial charge in [-0.3, -0.25) is 9.69 Å². The topological polar surface area (TPSA) is 63.3 Å². The van der Waals surface area contributed by atoms with Gasteiger partial charge in [-0.05, 0) is 50.8 Å². The van der Waals surface area contributed by atoms with Crippen molar-refractivity contribution in [2.45, 2.75) is 13.0 Å². The first-order valence-electron chi connectivity index (χ1n) is 8.36. The maximum atomic E-state index is 12.6. The van der Waals surface area contributed by atoms with Crippen molar-refractivity contribution in [2.24, 2.45) is 0 Å². The maximum absolute atomic E-state index is 12.6. The summed E-state index contributed by atoms with van der Waals surface area (Å²) >= 11 is 12.4. The fourth-order valence-corrected chi connectivity index (χ4v) is 3.05. The van der Waals surface area contributed by atoms with Crippen LogP contribution in [0.2, 0.25) is 10.0 Å². The number of benzene rings is 1. The molecule has 0 saturated heterocycles. The van der Waals surface area contributed by atoms with Crippen LogP contribution in [0.1, 0.15) is 17.4 Å². The number of hydrogen-bond donors (Lipinski definition) is 1. The summed E-state index contributed by atoms with van der Waals surface area (Å²) in [4.78, 5) is 14.7. The number of rotatable bonds is 6. The van der Waals surface area contributed by atoms with Crippen LogP contribution in [0, 0.1) is 6.92 Å². The quantitative estimate of drug-likeness (QED) is 0.665. The van der Waals surface area contributed by atoms with Crippen molar-refractivity contribution in [1.82, 2.24) is 14.7 Å². The first kappa shape index (κ1) is 19.5. The van der Waals surface area contributed by atoms with Gasteiger partial charge in [0.1, 0.15) is 10.8 Å². The Kier molecular flexibility index (Phi) is 5.89. The predicted octanol–water partition coefficient (Wildman–Crippen LogP) is 4.16. The minimum absolute atomic E-state index is 0.0191. The van der Waals surface area contributed by atoms with Crippen molar-refractivity contribution in [3.63, 3.8) is 0 Å². The summed E-state index contributed by atoms with van der Waals surface area (Å²) in [5.41, 5.74) is 1.53. The smallest absolute Gasteiger partial charge is 0.292 e. The van der Waals surface area contributed by atoms with E-state index in [9.17, 15) is 4.79 Å². The molecule has 0 bridgehead atoms. The lowest BCUT2D eigenvalue weighted by atomic mass is 10.2. The van der Waals surface area contributed by atoms with Crippen LogP contribution in [0.15, 0.2) is 52.0 Å². The molecule has 1 atom stereocenters. The molecule has 0 amide bonds. The SMILES string of the molecule is Cc1ccc(-n2ncc(NCC(c3ccco3)N(C)C)c(Cl)c2=O)cc1Cl. The second kappa shape index (κ2) is 8.17. The van der Waals surface area contributed by atoms with E-state index in [2.05, 4.69) is 10.4 Å². The van der Waals surface area contributed by atoms with Gasteiger partial charge in [0.15, 0.2) is 0 Å². The minimum Gasteiger partial charge on any atom is -0.468 e. The van der Waals surface area contributed by atoms with Gasteiger partial charge in [-0.2, -0.15) is 9.78 Å². The molecule has 1 aromatic carbocycles. The highest BCUT2D eigenvalue weighted by Crippen LogP contribution is 2.23. The number of likely N-dealkylation sites (N-methyl/N-ethyl adjacent to an activating group) is 1. The molecule has 0 saturated carbocycles. The van der Waals surface area contributed by atoms with E-state index >= 15 is 0 Å². The summed E-state index contributed by atoms with van der Waals surface area (Å²) in [5.74, 6) is 0.819. The first-order chi connectivity index (χ1) is 12.9. The Labute approximate surface area is 167 Å². The van der Waals surface area contributed by atoms with E-state index in [0.717, 1.165) is 11.3 Å². The second-order valence-corrected chi connectivity index (χ2v) is 7.18. The zero-order valence-corrected chi connectivity index (χ0v) is 16.8. The summed E-state index contributed by atoms with van der Waals surface area (Å²) in [6.07, 6.45) is 3.17. The molecule has 6 nitrogen and oxygen atoms in total. The first-order valence-corrected chi connectivity index (χ1v) is 9.12. The molecule has 1 N–H and O–H groups in total. The number of furan rings is 1. The van der Waals surface area contributed by atoms with Crippen LogP contribution in [0.5, 0.6) is 0 Å². The molecule has 0 fully saturated rings. The average molecular weight is 407 g/mol. The van der Waals surface area contributed by atoms with Crippen molar-refractivity contribution in [2.75, 3.05) is 26.0 Å². The number of nitrogens with zero attached hydrogens (tertiary/aromatic N) is 3. The van der Waals surface area contributed by atoms with Crippen molar-refractivity contribution in [3.05, 3.63) is 74.5 Å². The summed E-state index contributed by atoms with van der Waals surface area (Å²) in [6.45, 7) is 2.39. The molecular weight excluding hydrogens is 387 g/mol. The third kappa shape index (κ3) is 4.18. The van der Waals surface area contributed by atoms with Gasteiger partial charge in [0.05, 0.1) is 29.9 Å². The molecule has 2 aromatic heterocycles. The van der Waals surface area contributed by atoms with Crippen LogP contribution in [0.4, 0.5) is 5.69 Å². The number of anilines is 1. The van der Waals surface area contributed by atoms with Crippen LogP contribution in [0.3, 0.4) is 0 Å². The Morgan fingerprint density at radius 2 is 2.07 bits per heavy atom. The fraction of sp³-hybridized carbons (Fsp3) is 0.263. The highest BCUT2D eigenvalue weighted by Gasteiger charge is 2.18. The Balaban J connectivity index is 1.84. The van der Waals surface area contributed by atoms with Crippen molar-refractivity contribution in [3.8, 4) is 5.69 Å². The van der Waals surface area contributed by atoms with Gasteiger partial charge < -0.3 is 9.73 Å². The van der Waals surface area contributed by atoms with Gasteiger partial charge in [0.25, 0.3) is 5.56 Å². The van der Waals surface area contributed by atoms with E-state index in [1.165, 1.54) is 10.9 Å². The molecule has 2 heterocycles. The zero-order valence-electron chi connectivity index (χ0n) is 15.2. The molecule has 0 radical (unpaired) electrons. The van der Waals surface area contributed by atoms with Crippen molar-refractivity contribution < 1.29 is 4.42 Å². The highest BCUT2D eigenvalue weighted by molar-refractivity contribution is 6.33. The Morgan fingerprint density at radius 1 is 1.30 bits per heavy atom. The van der Waals surface area contributed by atoms with Crippen LogP contribution in [-0.4, -0.2) is 35.3 Å². The standard InChI is InChI=1S/C19H20Cl2N4O2/c1-12-6-7-13(9-14(12)20)25-19(26)18(21)15(10-23-25)22-11-16(24(2)3)17-5-4-8-27-17/h4-10,16,22H,11H2,1-3H3. The van der Waals surface area contributed by atoms with E-state index in [0.29, 0.717) is 22.9 Å². The monoisotopic (exact) mass is 406 g/mol. The average Bonchev–Trinajstić information content (AvgIpc) is 3.15. The third-order valence-corrected chi connectivity index (χ3v) is 5.07. The molecule has 8 heteroatoms. The summed E-state index contributed by atoms with van der Waals surface area (Å²) in [7, 11) is 3.90. The number of hydrogen-bond acceptors (Lipinski definition) is 5. The number of aryl methyl sites for hydroxylation is 1. The van der Waals surface area contributed by atoms with E-state index in [1.54, 1.807) is 18.4 Å². The van der Waals surface area contributed by atoms with Crippen LogP contribution in [0.25, 0.3) is 5.69 Å². The number of aromatic nitrogens is 2. The molecule has 3 aromatic rings. The molecule has 3 rings (SSSR count). The summed E-state index contributed by atoms with van der Waals surface area (Å²) in [6, 6.07) is 9.02. The van der Waals surface area contributed by atoms with E-state index in [-0.39, 0.29) is 11.1 Å². The van der Waals surface area contributed by atoms with Crippen LogP contribution in [-0.2, 0) is 0 Å². The van der Waals surface area contributed by atoms with Gasteiger partial charge >= 0.3 is 0 Å². The van der Waals surface area contributed by atoms with Gasteiger partial charge in [-0.15, -0.1) is 0 Å². The van der Waals surface area contributed by atoms with Gasteiger partial charge in [-0.1, -0.05) is 29.3 Å². The maximum Gasteiger partial charge on any atom is 0.292 e. The van der Waals surface area contributed by atoms with E-state index < -0.39 is 5.56 Å². The lowest BCUT2D eigenvalue weighted by Gasteiger charge is -2.23. The molecule has 0 aliphatic carbocycles. The second-order valence-electron chi connectivity index (χ2n) is 6.40.